The second-order valence-corrected chi connectivity index (χ2v) is 8.23. The molecular formula is C22H18ClN5O2S. The molecule has 2 aromatic heterocycles. The number of amides is 1. The Morgan fingerprint density at radius 2 is 1.87 bits per heavy atom. The molecule has 0 saturated carbocycles. The molecule has 0 spiro atoms. The van der Waals surface area contributed by atoms with Gasteiger partial charge in [-0.05, 0) is 53.7 Å². The zero-order valence-corrected chi connectivity index (χ0v) is 18.1. The topological polar surface area (TPSA) is 81.8 Å². The highest BCUT2D eigenvalue weighted by molar-refractivity contribution is 7.99. The van der Waals surface area contributed by atoms with E-state index in [-0.39, 0.29) is 18.0 Å². The van der Waals surface area contributed by atoms with Crippen molar-refractivity contribution in [3.8, 4) is 0 Å². The number of anilines is 1. The molecule has 1 amide bonds. The highest BCUT2D eigenvalue weighted by Gasteiger charge is 2.10. The molecule has 1 N–H and O–H groups in total. The number of nitrogens with one attached hydrogen (secondary N) is 1. The fourth-order valence-corrected chi connectivity index (χ4v) is 3.84. The van der Waals surface area contributed by atoms with Crippen LogP contribution in [0.2, 0.25) is 5.02 Å². The fraction of sp³-hybridized carbons (Fsp3) is 0.0909. The number of hydrogen-bond acceptors (Lipinski definition) is 5. The van der Waals surface area contributed by atoms with Gasteiger partial charge >= 0.3 is 0 Å². The third kappa shape index (κ3) is 5.04. The van der Waals surface area contributed by atoms with Crippen LogP contribution in [0.5, 0.6) is 0 Å². The van der Waals surface area contributed by atoms with Gasteiger partial charge in [-0.3, -0.25) is 9.59 Å². The Hall–Kier alpha value is -3.36. The number of nitrogens with zero attached hydrogens (tertiary/aromatic N) is 4. The van der Waals surface area contributed by atoms with E-state index in [1.807, 2.05) is 54.1 Å². The van der Waals surface area contributed by atoms with Crippen LogP contribution in [-0.4, -0.2) is 25.2 Å². The van der Waals surface area contributed by atoms with E-state index in [0.717, 1.165) is 15.6 Å². The predicted molar refractivity (Wildman–Crippen MR) is 121 cm³/mol. The number of rotatable bonds is 6. The number of benzene rings is 2. The molecule has 0 aliphatic rings. The number of pyridine rings is 1. The lowest BCUT2D eigenvalue weighted by Gasteiger charge is -2.10. The van der Waals surface area contributed by atoms with E-state index in [1.165, 1.54) is 28.5 Å². The van der Waals surface area contributed by atoms with Crippen LogP contribution in [0, 0.1) is 0 Å². The Bertz CT molecular complexity index is 1280. The standard InChI is InChI=1S/C22H18ClN5O2S/c1-27-14-24-26-22(27)31-18-9-7-17(8-10-18)25-21(30)16-6-11-20(29)28(13-16)12-15-4-2-3-5-19(15)23/h2-11,13-14H,12H2,1H3,(H,25,30). The second kappa shape index (κ2) is 9.20. The van der Waals surface area contributed by atoms with Gasteiger partial charge in [0, 0.05) is 34.9 Å². The van der Waals surface area contributed by atoms with Crippen molar-refractivity contribution in [2.45, 2.75) is 16.6 Å². The fourth-order valence-electron chi connectivity index (χ4n) is 2.88. The van der Waals surface area contributed by atoms with Gasteiger partial charge in [-0.1, -0.05) is 29.8 Å². The van der Waals surface area contributed by atoms with Crippen LogP contribution in [0.15, 0.2) is 88.0 Å². The zero-order chi connectivity index (χ0) is 21.8. The lowest BCUT2D eigenvalue weighted by Crippen LogP contribution is -2.22. The smallest absolute Gasteiger partial charge is 0.257 e. The summed E-state index contributed by atoms with van der Waals surface area (Å²) in [6.45, 7) is 0.285. The first kappa shape index (κ1) is 20.9. The summed E-state index contributed by atoms with van der Waals surface area (Å²) in [6.07, 6.45) is 3.18. The molecule has 7 nitrogen and oxygen atoms in total. The Morgan fingerprint density at radius 1 is 1.10 bits per heavy atom. The van der Waals surface area contributed by atoms with Crippen LogP contribution >= 0.6 is 23.4 Å². The Labute approximate surface area is 187 Å². The number of hydrogen-bond donors (Lipinski definition) is 1. The van der Waals surface area contributed by atoms with Gasteiger partial charge in [0.1, 0.15) is 6.33 Å². The van der Waals surface area contributed by atoms with E-state index in [2.05, 4.69) is 15.5 Å². The number of halogens is 1. The van der Waals surface area contributed by atoms with Crippen LogP contribution in [-0.2, 0) is 13.6 Å². The van der Waals surface area contributed by atoms with E-state index in [9.17, 15) is 9.59 Å². The van der Waals surface area contributed by atoms with Crippen molar-refractivity contribution in [2.75, 3.05) is 5.32 Å². The minimum absolute atomic E-state index is 0.207. The molecule has 0 aliphatic carbocycles. The average Bonchev–Trinajstić information content (AvgIpc) is 3.17. The monoisotopic (exact) mass is 451 g/mol. The highest BCUT2D eigenvalue weighted by Crippen LogP contribution is 2.26. The summed E-state index contributed by atoms with van der Waals surface area (Å²) >= 11 is 7.68. The van der Waals surface area contributed by atoms with E-state index < -0.39 is 0 Å². The molecule has 0 unspecified atom stereocenters. The van der Waals surface area contributed by atoms with Crippen molar-refractivity contribution in [1.29, 1.82) is 0 Å². The normalized spacial score (nSPS) is 10.8. The van der Waals surface area contributed by atoms with E-state index in [0.29, 0.717) is 16.3 Å². The maximum atomic E-state index is 12.7. The number of aryl methyl sites for hydroxylation is 1. The molecule has 0 fully saturated rings. The summed E-state index contributed by atoms with van der Waals surface area (Å²) in [7, 11) is 1.88. The van der Waals surface area contributed by atoms with Gasteiger partial charge in [0.2, 0.25) is 0 Å². The lowest BCUT2D eigenvalue weighted by atomic mass is 10.2. The predicted octanol–water partition coefficient (Wildman–Crippen LogP) is 4.08. The van der Waals surface area contributed by atoms with Crippen molar-refractivity contribution in [2.24, 2.45) is 7.05 Å². The van der Waals surface area contributed by atoms with Gasteiger partial charge in [0.15, 0.2) is 5.16 Å². The van der Waals surface area contributed by atoms with Gasteiger partial charge in [0.25, 0.3) is 11.5 Å². The summed E-state index contributed by atoms with van der Waals surface area (Å²) in [5.74, 6) is -0.304. The minimum Gasteiger partial charge on any atom is -0.322 e. The maximum absolute atomic E-state index is 12.7. The highest BCUT2D eigenvalue weighted by atomic mass is 35.5. The van der Waals surface area contributed by atoms with Crippen LogP contribution < -0.4 is 10.9 Å². The van der Waals surface area contributed by atoms with E-state index >= 15 is 0 Å². The summed E-state index contributed by atoms with van der Waals surface area (Å²) in [5, 5.41) is 12.1. The largest absolute Gasteiger partial charge is 0.322 e. The zero-order valence-electron chi connectivity index (χ0n) is 16.5. The van der Waals surface area contributed by atoms with Crippen molar-refractivity contribution in [3.63, 3.8) is 0 Å². The molecule has 9 heteroatoms. The van der Waals surface area contributed by atoms with Gasteiger partial charge in [0.05, 0.1) is 12.1 Å². The maximum Gasteiger partial charge on any atom is 0.257 e. The third-order valence-corrected chi connectivity index (χ3v) is 5.96. The van der Waals surface area contributed by atoms with Crippen molar-refractivity contribution >= 4 is 35.0 Å². The van der Waals surface area contributed by atoms with Gasteiger partial charge in [-0.25, -0.2) is 0 Å². The molecular weight excluding hydrogens is 434 g/mol. The van der Waals surface area contributed by atoms with E-state index in [1.54, 1.807) is 18.6 Å². The Balaban J connectivity index is 1.46. The lowest BCUT2D eigenvalue weighted by molar-refractivity contribution is 0.102. The first-order valence-electron chi connectivity index (χ1n) is 9.37. The first-order chi connectivity index (χ1) is 15.0. The summed E-state index contributed by atoms with van der Waals surface area (Å²) in [4.78, 5) is 25.9. The third-order valence-electron chi connectivity index (χ3n) is 4.54. The Morgan fingerprint density at radius 3 is 2.58 bits per heavy atom. The second-order valence-electron chi connectivity index (χ2n) is 6.78. The van der Waals surface area contributed by atoms with E-state index in [4.69, 9.17) is 11.6 Å². The van der Waals surface area contributed by atoms with Crippen LogP contribution in [0.3, 0.4) is 0 Å². The molecule has 4 rings (SSSR count). The van der Waals surface area contributed by atoms with Gasteiger partial charge < -0.3 is 14.5 Å². The molecule has 2 aromatic carbocycles. The van der Waals surface area contributed by atoms with Crippen molar-refractivity contribution < 1.29 is 4.79 Å². The number of carbonyl (C=O) groups excluding carboxylic acids is 1. The SMILES string of the molecule is Cn1cnnc1Sc1ccc(NC(=O)c2ccc(=O)n(Cc3ccccc3Cl)c2)cc1. The Kier molecular flexibility index (Phi) is 6.20. The van der Waals surface area contributed by atoms with Crippen LogP contribution in [0.4, 0.5) is 5.69 Å². The van der Waals surface area contributed by atoms with Crippen molar-refractivity contribution in [1.82, 2.24) is 19.3 Å². The van der Waals surface area contributed by atoms with Crippen LogP contribution in [0.25, 0.3) is 0 Å². The average molecular weight is 452 g/mol. The van der Waals surface area contributed by atoms with Gasteiger partial charge in [-0.15, -0.1) is 10.2 Å². The molecule has 156 valence electrons. The number of aromatic nitrogens is 4. The molecule has 0 radical (unpaired) electrons. The van der Waals surface area contributed by atoms with Gasteiger partial charge in [-0.2, -0.15) is 0 Å². The molecule has 0 aliphatic heterocycles. The molecule has 0 bridgehead atoms. The van der Waals surface area contributed by atoms with Crippen LogP contribution in [0.1, 0.15) is 15.9 Å². The summed E-state index contributed by atoms with van der Waals surface area (Å²) in [5.41, 5.74) is 1.63. The molecule has 0 atom stereocenters. The quantitative estimate of drug-likeness (QED) is 0.477. The summed E-state index contributed by atoms with van der Waals surface area (Å²) in [6, 6.07) is 17.6. The molecule has 31 heavy (non-hydrogen) atoms. The number of carbonyl (C=O) groups is 1. The van der Waals surface area contributed by atoms with Crippen molar-refractivity contribution in [3.05, 3.63) is 99.7 Å². The first-order valence-corrected chi connectivity index (χ1v) is 10.6. The molecule has 4 aromatic rings. The molecule has 0 saturated heterocycles. The summed E-state index contributed by atoms with van der Waals surface area (Å²) < 4.78 is 3.30. The minimum atomic E-state index is -0.304. The molecule has 2 heterocycles.